The first kappa shape index (κ1) is 18.8. The minimum Gasteiger partial charge on any atom is -0.366 e. The summed E-state index contributed by atoms with van der Waals surface area (Å²) >= 11 is 6.09. The van der Waals surface area contributed by atoms with E-state index in [1.807, 2.05) is 31.2 Å². The molecule has 3 aromatic rings. The third kappa shape index (κ3) is 3.86. The summed E-state index contributed by atoms with van der Waals surface area (Å²) in [5.41, 5.74) is 8.85. The number of nitrogens with zero attached hydrogens (tertiary/aromatic N) is 2. The van der Waals surface area contributed by atoms with E-state index in [4.69, 9.17) is 22.3 Å². The van der Waals surface area contributed by atoms with Crippen LogP contribution in [0.4, 0.5) is 0 Å². The second-order valence-corrected chi connectivity index (χ2v) is 7.93. The number of aryl methyl sites for hydroxylation is 1. The molecular weight excluding hydrogens is 372 g/mol. The zero-order valence-electron chi connectivity index (χ0n) is 15.8. The normalized spacial score (nSPS) is 15.4. The highest BCUT2D eigenvalue weighted by Gasteiger charge is 2.24. The lowest BCUT2D eigenvalue weighted by Gasteiger charge is -2.31. The first-order chi connectivity index (χ1) is 13.5. The minimum absolute atomic E-state index is 0.319. The lowest BCUT2D eigenvalue weighted by atomic mass is 9.82. The van der Waals surface area contributed by atoms with Crippen LogP contribution in [0.1, 0.15) is 39.8 Å². The van der Waals surface area contributed by atoms with E-state index >= 15 is 0 Å². The molecular formula is C22H23ClN4O. The van der Waals surface area contributed by atoms with Crippen LogP contribution in [0.25, 0.3) is 10.9 Å². The maximum atomic E-state index is 11.8. The fourth-order valence-electron chi connectivity index (χ4n) is 3.92. The summed E-state index contributed by atoms with van der Waals surface area (Å²) in [6, 6.07) is 13.6. The van der Waals surface area contributed by atoms with Gasteiger partial charge in [-0.3, -0.25) is 4.79 Å². The van der Waals surface area contributed by atoms with E-state index in [0.29, 0.717) is 28.7 Å². The van der Waals surface area contributed by atoms with Gasteiger partial charge in [0.15, 0.2) is 0 Å². The topological polar surface area (TPSA) is 80.9 Å². The molecule has 28 heavy (non-hydrogen) atoms. The Labute approximate surface area is 169 Å². The number of fused-ring (bicyclic) bond motifs is 1. The number of nitrogens with one attached hydrogen (secondary N) is 1. The second-order valence-electron chi connectivity index (χ2n) is 7.50. The van der Waals surface area contributed by atoms with Gasteiger partial charge in [0, 0.05) is 10.4 Å². The number of rotatable bonds is 6. The summed E-state index contributed by atoms with van der Waals surface area (Å²) in [5.74, 6) is 1.16. The van der Waals surface area contributed by atoms with E-state index in [1.54, 1.807) is 6.07 Å². The molecule has 6 heteroatoms. The van der Waals surface area contributed by atoms with Gasteiger partial charge in [-0.1, -0.05) is 35.9 Å². The molecule has 0 aliphatic carbocycles. The van der Waals surface area contributed by atoms with Crippen LogP contribution in [0.15, 0.2) is 42.5 Å². The van der Waals surface area contributed by atoms with Crippen LogP contribution in [0.3, 0.4) is 0 Å². The molecule has 144 valence electrons. The number of aromatic nitrogens is 2. The lowest BCUT2D eigenvalue weighted by Crippen LogP contribution is -2.42. The first-order valence-corrected chi connectivity index (χ1v) is 9.91. The van der Waals surface area contributed by atoms with Gasteiger partial charge in [0.1, 0.15) is 5.82 Å². The Bertz CT molecular complexity index is 1010. The maximum absolute atomic E-state index is 11.8. The van der Waals surface area contributed by atoms with Crippen LogP contribution in [-0.2, 0) is 6.42 Å². The average Bonchev–Trinajstić information content (AvgIpc) is 2.63. The number of hydrogen-bond donors (Lipinski definition) is 2. The quantitative estimate of drug-likeness (QED) is 0.669. The van der Waals surface area contributed by atoms with Gasteiger partial charge in [-0.25, -0.2) is 9.97 Å². The zero-order valence-corrected chi connectivity index (χ0v) is 16.5. The molecule has 4 rings (SSSR count). The highest BCUT2D eigenvalue weighted by atomic mass is 35.5. The monoisotopic (exact) mass is 394 g/mol. The smallest absolute Gasteiger partial charge is 0.250 e. The Morgan fingerprint density at radius 1 is 1.21 bits per heavy atom. The fourth-order valence-corrected chi connectivity index (χ4v) is 4.04. The summed E-state index contributed by atoms with van der Waals surface area (Å²) in [4.78, 5) is 21.1. The van der Waals surface area contributed by atoms with Crippen molar-refractivity contribution in [1.82, 2.24) is 15.3 Å². The van der Waals surface area contributed by atoms with Crippen LogP contribution >= 0.6 is 11.6 Å². The molecule has 2 aromatic carbocycles. The van der Waals surface area contributed by atoms with Crippen molar-refractivity contribution < 1.29 is 4.79 Å². The van der Waals surface area contributed by atoms with Gasteiger partial charge >= 0.3 is 0 Å². The van der Waals surface area contributed by atoms with E-state index in [2.05, 4.69) is 22.4 Å². The zero-order chi connectivity index (χ0) is 19.7. The van der Waals surface area contributed by atoms with Gasteiger partial charge in [0.2, 0.25) is 0 Å². The Balaban J connectivity index is 1.75. The largest absolute Gasteiger partial charge is 0.366 e. The third-order valence-electron chi connectivity index (χ3n) is 5.45. The molecule has 1 saturated heterocycles. The molecule has 1 amide bonds. The molecule has 1 atom stereocenters. The highest BCUT2D eigenvalue weighted by Crippen LogP contribution is 2.32. The van der Waals surface area contributed by atoms with Crippen molar-refractivity contribution in [2.45, 2.75) is 25.7 Å². The van der Waals surface area contributed by atoms with E-state index in [9.17, 15) is 4.79 Å². The number of benzene rings is 2. The SMILES string of the molecule is Cc1nc(C[C@H](CC2CNC2)c2ccc(Cl)cc2)c2cccc(C(N)=O)c2n1. The number of halogens is 1. The molecule has 1 aromatic heterocycles. The lowest BCUT2D eigenvalue weighted by molar-refractivity contribution is 0.100. The number of para-hydroxylation sites is 1. The van der Waals surface area contributed by atoms with Gasteiger partial charge in [-0.2, -0.15) is 0 Å². The fraction of sp³-hybridized carbons (Fsp3) is 0.318. The highest BCUT2D eigenvalue weighted by molar-refractivity contribution is 6.30. The Kier molecular flexibility index (Phi) is 5.29. The predicted octanol–water partition coefficient (Wildman–Crippen LogP) is 3.63. The summed E-state index contributed by atoms with van der Waals surface area (Å²) in [6.07, 6.45) is 1.86. The van der Waals surface area contributed by atoms with Crippen LogP contribution in [0.5, 0.6) is 0 Å². The average molecular weight is 395 g/mol. The third-order valence-corrected chi connectivity index (χ3v) is 5.70. The molecule has 2 heterocycles. The summed E-state index contributed by atoms with van der Waals surface area (Å²) in [5, 5.41) is 4.99. The molecule has 0 spiro atoms. The van der Waals surface area contributed by atoms with Gasteiger partial charge in [-0.15, -0.1) is 0 Å². The molecule has 1 aliphatic heterocycles. The van der Waals surface area contributed by atoms with Crippen molar-refractivity contribution >= 4 is 28.4 Å². The molecule has 5 nitrogen and oxygen atoms in total. The summed E-state index contributed by atoms with van der Waals surface area (Å²) < 4.78 is 0. The van der Waals surface area contributed by atoms with Crippen molar-refractivity contribution in [2.24, 2.45) is 11.7 Å². The second kappa shape index (κ2) is 7.86. The number of amides is 1. The van der Waals surface area contributed by atoms with Crippen molar-refractivity contribution in [3.8, 4) is 0 Å². The number of nitrogens with two attached hydrogens (primary N) is 1. The number of carbonyl (C=O) groups is 1. The molecule has 1 aliphatic rings. The Hall–Kier alpha value is -2.50. The van der Waals surface area contributed by atoms with Gasteiger partial charge in [0.25, 0.3) is 5.91 Å². The molecule has 0 bridgehead atoms. The molecule has 0 radical (unpaired) electrons. The Morgan fingerprint density at radius 3 is 2.61 bits per heavy atom. The van der Waals surface area contributed by atoms with Gasteiger partial charge in [0.05, 0.1) is 16.8 Å². The van der Waals surface area contributed by atoms with E-state index in [0.717, 1.165) is 42.0 Å². The first-order valence-electron chi connectivity index (χ1n) is 9.53. The van der Waals surface area contributed by atoms with Crippen molar-refractivity contribution in [3.63, 3.8) is 0 Å². The van der Waals surface area contributed by atoms with E-state index < -0.39 is 5.91 Å². The summed E-state index contributed by atoms with van der Waals surface area (Å²) in [6.45, 7) is 3.97. The van der Waals surface area contributed by atoms with Gasteiger partial charge in [-0.05, 0) is 68.5 Å². The Morgan fingerprint density at radius 2 is 1.96 bits per heavy atom. The number of hydrogen-bond acceptors (Lipinski definition) is 4. The maximum Gasteiger partial charge on any atom is 0.250 e. The van der Waals surface area contributed by atoms with Gasteiger partial charge < -0.3 is 11.1 Å². The number of primary amides is 1. The van der Waals surface area contributed by atoms with E-state index in [-0.39, 0.29) is 0 Å². The standard InChI is InChI=1S/C22H23ClN4O/c1-13-26-20(18-3-2-4-19(22(24)28)21(18)27-13)10-16(9-14-11-25-12-14)15-5-7-17(23)8-6-15/h2-8,14,16,25H,9-12H2,1H3,(H2,24,28)/t16-/m0/s1. The predicted molar refractivity (Wildman–Crippen MR) is 112 cm³/mol. The van der Waals surface area contributed by atoms with Crippen LogP contribution < -0.4 is 11.1 Å². The van der Waals surface area contributed by atoms with Crippen LogP contribution in [0, 0.1) is 12.8 Å². The minimum atomic E-state index is -0.468. The van der Waals surface area contributed by atoms with Crippen LogP contribution in [-0.4, -0.2) is 29.0 Å². The van der Waals surface area contributed by atoms with Crippen LogP contribution in [0.2, 0.25) is 5.02 Å². The molecule has 0 unspecified atom stereocenters. The van der Waals surface area contributed by atoms with Crippen molar-refractivity contribution in [3.05, 3.63) is 70.1 Å². The molecule has 3 N–H and O–H groups in total. The number of carbonyl (C=O) groups excluding carboxylic acids is 1. The summed E-state index contributed by atoms with van der Waals surface area (Å²) in [7, 11) is 0. The van der Waals surface area contributed by atoms with E-state index in [1.165, 1.54) is 5.56 Å². The molecule has 0 saturated carbocycles. The molecule has 1 fully saturated rings. The van der Waals surface area contributed by atoms with Crippen molar-refractivity contribution in [2.75, 3.05) is 13.1 Å². The van der Waals surface area contributed by atoms with Crippen molar-refractivity contribution in [1.29, 1.82) is 0 Å².